The number of aryl methyl sites for hydroxylation is 2. The molecule has 0 saturated heterocycles. The minimum absolute atomic E-state index is 0.0967. The molecule has 0 heterocycles. The summed E-state index contributed by atoms with van der Waals surface area (Å²) >= 11 is 0. The van der Waals surface area contributed by atoms with Crippen molar-refractivity contribution in [3.8, 4) is 11.5 Å². The highest BCUT2D eigenvalue weighted by molar-refractivity contribution is 6.74. The third-order valence-corrected chi connectivity index (χ3v) is 9.84. The van der Waals surface area contributed by atoms with E-state index in [1.165, 1.54) is 16.3 Å². The zero-order valence-electron chi connectivity index (χ0n) is 17.0. The van der Waals surface area contributed by atoms with Crippen molar-refractivity contribution >= 4 is 19.1 Å². The minimum Gasteiger partial charge on any atom is -0.541 e. The second kappa shape index (κ2) is 7.41. The molecule has 0 aliphatic rings. The van der Waals surface area contributed by atoms with Crippen LogP contribution < -0.4 is 4.43 Å². The molecule has 2 aromatic rings. The van der Waals surface area contributed by atoms with Gasteiger partial charge in [0.1, 0.15) is 0 Å². The van der Waals surface area contributed by atoms with E-state index in [4.69, 9.17) is 4.43 Å². The lowest BCUT2D eigenvalue weighted by atomic mass is 9.93. The molecule has 0 amide bonds. The number of rotatable bonds is 6. The van der Waals surface area contributed by atoms with E-state index in [-0.39, 0.29) is 5.04 Å². The van der Waals surface area contributed by atoms with Gasteiger partial charge in [-0.15, -0.1) is 0 Å². The fraction of sp³-hybridized carbons (Fsp3) is 0.545. The Labute approximate surface area is 154 Å². The first-order valence-electron chi connectivity index (χ1n) is 9.58. The Morgan fingerprint density at radius 3 is 1.88 bits per heavy atom. The molecule has 0 atom stereocenters. The number of hydrogen-bond acceptors (Lipinski definition) is 2. The summed E-state index contributed by atoms with van der Waals surface area (Å²) in [5, 5.41) is 13.7. The van der Waals surface area contributed by atoms with Crippen molar-refractivity contribution in [2.45, 2.75) is 78.4 Å². The molecule has 0 aliphatic heterocycles. The van der Waals surface area contributed by atoms with Crippen LogP contribution in [0.2, 0.25) is 18.1 Å². The van der Waals surface area contributed by atoms with Gasteiger partial charge in [-0.2, -0.15) is 0 Å². The molecular formula is C22H34O2Si. The van der Waals surface area contributed by atoms with Crippen LogP contribution in [0, 0.1) is 0 Å². The third kappa shape index (κ3) is 3.87. The number of phenols is 1. The third-order valence-electron chi connectivity index (χ3n) is 5.52. The van der Waals surface area contributed by atoms with Crippen LogP contribution in [-0.2, 0) is 12.8 Å². The normalized spacial score (nSPS) is 12.6. The highest BCUT2D eigenvalue weighted by Crippen LogP contribution is 2.46. The molecule has 0 bridgehead atoms. The lowest BCUT2D eigenvalue weighted by Gasteiger charge is -2.37. The first kappa shape index (κ1) is 19.8. The minimum atomic E-state index is -2.03. The molecule has 0 radical (unpaired) electrons. The van der Waals surface area contributed by atoms with Crippen molar-refractivity contribution in [1.82, 2.24) is 0 Å². The van der Waals surface area contributed by atoms with Crippen LogP contribution in [0.3, 0.4) is 0 Å². The maximum absolute atomic E-state index is 11.2. The Balaban J connectivity index is 2.76. The summed E-state index contributed by atoms with van der Waals surface area (Å²) in [7, 11) is -2.03. The van der Waals surface area contributed by atoms with Gasteiger partial charge in [0.05, 0.1) is 0 Å². The van der Waals surface area contributed by atoms with Gasteiger partial charge < -0.3 is 9.53 Å². The topological polar surface area (TPSA) is 29.5 Å². The van der Waals surface area contributed by atoms with Gasteiger partial charge in [-0.3, -0.25) is 0 Å². The summed E-state index contributed by atoms with van der Waals surface area (Å²) in [4.78, 5) is 0. The maximum Gasteiger partial charge on any atom is 0.250 e. The van der Waals surface area contributed by atoms with E-state index in [1.54, 1.807) is 0 Å². The molecule has 0 unspecified atom stereocenters. The van der Waals surface area contributed by atoms with Crippen LogP contribution in [-0.4, -0.2) is 13.4 Å². The summed E-state index contributed by atoms with van der Waals surface area (Å²) in [5.41, 5.74) is 2.20. The average Bonchev–Trinajstić information content (AvgIpc) is 2.53. The molecule has 3 heteroatoms. The molecule has 2 rings (SSSR count). The van der Waals surface area contributed by atoms with Crippen LogP contribution >= 0.6 is 0 Å². The van der Waals surface area contributed by atoms with E-state index in [0.29, 0.717) is 5.75 Å². The number of hydrogen-bond donors (Lipinski definition) is 1. The lowest BCUT2D eigenvalue weighted by Crippen LogP contribution is -2.44. The summed E-state index contributed by atoms with van der Waals surface area (Å²) in [6.45, 7) is 15.6. The Kier molecular flexibility index (Phi) is 5.88. The van der Waals surface area contributed by atoms with Gasteiger partial charge >= 0.3 is 0 Å². The first-order valence-corrected chi connectivity index (χ1v) is 12.5. The van der Waals surface area contributed by atoms with E-state index >= 15 is 0 Å². The highest BCUT2D eigenvalue weighted by atomic mass is 28.4. The molecule has 0 aliphatic carbocycles. The number of aromatic hydroxyl groups is 1. The molecule has 0 saturated carbocycles. The van der Waals surface area contributed by atoms with Gasteiger partial charge in [0, 0.05) is 11.1 Å². The molecule has 2 nitrogen and oxygen atoms in total. The van der Waals surface area contributed by atoms with Crippen LogP contribution in [0.5, 0.6) is 11.5 Å². The van der Waals surface area contributed by atoms with Gasteiger partial charge in [-0.05, 0) is 41.7 Å². The molecular weight excluding hydrogens is 324 g/mol. The van der Waals surface area contributed by atoms with E-state index in [9.17, 15) is 5.11 Å². The van der Waals surface area contributed by atoms with Crippen molar-refractivity contribution in [3.63, 3.8) is 0 Å². The van der Waals surface area contributed by atoms with Crippen LogP contribution in [0.4, 0.5) is 0 Å². The Morgan fingerprint density at radius 2 is 1.40 bits per heavy atom. The van der Waals surface area contributed by atoms with Gasteiger partial charge in [0.25, 0.3) is 8.32 Å². The standard InChI is InChI=1S/C22H34O2Si/c1-8-12-18-16-14-10-11-15-17(16)19(13-9-2)21(20(18)23)24-25(6,7)22(3,4)5/h10-11,14-15,23H,8-9,12-13H2,1-7H3. The zero-order valence-corrected chi connectivity index (χ0v) is 18.0. The molecule has 138 valence electrons. The highest BCUT2D eigenvalue weighted by Gasteiger charge is 2.40. The van der Waals surface area contributed by atoms with Crippen molar-refractivity contribution < 1.29 is 9.53 Å². The molecule has 1 N–H and O–H groups in total. The maximum atomic E-state index is 11.2. The number of fused-ring (bicyclic) bond motifs is 1. The predicted molar refractivity (Wildman–Crippen MR) is 111 cm³/mol. The Bertz CT molecular complexity index is 742. The summed E-state index contributed by atoms with van der Waals surface area (Å²) in [5.74, 6) is 1.12. The Hall–Kier alpha value is -1.48. The van der Waals surface area contributed by atoms with E-state index < -0.39 is 8.32 Å². The zero-order chi connectivity index (χ0) is 18.8. The summed E-state index contributed by atoms with van der Waals surface area (Å²) in [6, 6.07) is 8.46. The largest absolute Gasteiger partial charge is 0.541 e. The van der Waals surface area contributed by atoms with Crippen molar-refractivity contribution in [3.05, 3.63) is 35.4 Å². The fourth-order valence-electron chi connectivity index (χ4n) is 3.06. The second-order valence-electron chi connectivity index (χ2n) is 8.54. The molecule has 0 aromatic heterocycles. The number of phenolic OH excluding ortho intramolecular Hbond substituents is 1. The smallest absolute Gasteiger partial charge is 0.250 e. The fourth-order valence-corrected chi connectivity index (χ4v) is 4.10. The summed E-state index contributed by atoms with van der Waals surface area (Å²) < 4.78 is 6.66. The van der Waals surface area contributed by atoms with Crippen molar-refractivity contribution in [2.75, 3.05) is 0 Å². The van der Waals surface area contributed by atoms with Crippen LogP contribution in [0.1, 0.15) is 58.6 Å². The number of benzene rings is 2. The molecule has 0 spiro atoms. The van der Waals surface area contributed by atoms with Gasteiger partial charge in [-0.1, -0.05) is 71.7 Å². The first-order chi connectivity index (χ1) is 11.6. The average molecular weight is 359 g/mol. The quantitative estimate of drug-likeness (QED) is 0.573. The van der Waals surface area contributed by atoms with Crippen molar-refractivity contribution in [1.29, 1.82) is 0 Å². The van der Waals surface area contributed by atoms with E-state index in [0.717, 1.165) is 37.0 Å². The monoisotopic (exact) mass is 358 g/mol. The van der Waals surface area contributed by atoms with Crippen molar-refractivity contribution in [2.24, 2.45) is 0 Å². The lowest BCUT2D eigenvalue weighted by molar-refractivity contribution is 0.415. The molecule has 25 heavy (non-hydrogen) atoms. The van der Waals surface area contributed by atoms with Gasteiger partial charge in [-0.25, -0.2) is 0 Å². The van der Waals surface area contributed by atoms with Gasteiger partial charge in [0.2, 0.25) is 0 Å². The van der Waals surface area contributed by atoms with E-state index in [2.05, 4.69) is 72.0 Å². The molecule has 0 fully saturated rings. The Morgan fingerprint density at radius 1 is 0.920 bits per heavy atom. The van der Waals surface area contributed by atoms with Crippen LogP contribution in [0.25, 0.3) is 10.8 Å². The van der Waals surface area contributed by atoms with Gasteiger partial charge in [0.15, 0.2) is 11.5 Å². The summed E-state index contributed by atoms with van der Waals surface area (Å²) in [6.07, 6.45) is 3.83. The SMILES string of the molecule is CCCc1c(O)c(O[Si](C)(C)C(C)(C)C)c(CCC)c2ccccc12. The molecule has 2 aromatic carbocycles. The second-order valence-corrected chi connectivity index (χ2v) is 13.3. The van der Waals surface area contributed by atoms with E-state index in [1.807, 2.05) is 0 Å². The van der Waals surface area contributed by atoms with Crippen LogP contribution in [0.15, 0.2) is 24.3 Å². The predicted octanol–water partition coefficient (Wildman–Crippen LogP) is 6.83.